The second-order valence-electron chi connectivity index (χ2n) is 8.34. The molecule has 2 rings (SSSR count). The van der Waals surface area contributed by atoms with Gasteiger partial charge in [-0.15, -0.1) is 0 Å². The summed E-state index contributed by atoms with van der Waals surface area (Å²) in [6, 6.07) is 0. The molecule has 0 saturated heterocycles. The summed E-state index contributed by atoms with van der Waals surface area (Å²) in [6.45, 7) is 12.7. The summed E-state index contributed by atoms with van der Waals surface area (Å²) in [5.41, 5.74) is 1.55. The van der Waals surface area contributed by atoms with Gasteiger partial charge in [0.25, 0.3) is 0 Å². The first-order valence-electron chi connectivity index (χ1n) is 8.99. The Bertz CT molecular complexity index is 495. The zero-order chi connectivity index (χ0) is 17.3. The molecule has 130 valence electrons. The van der Waals surface area contributed by atoms with Gasteiger partial charge in [-0.3, -0.25) is 4.79 Å². The average molecular weight is 320 g/mol. The van der Waals surface area contributed by atoms with Crippen LogP contribution in [0.15, 0.2) is 12.2 Å². The molecule has 2 aliphatic rings. The SMILES string of the molecule is C=C1CC[C@H]2[C@@](C)(COC(C)=O)CCC[C@]2(C)[C@H]1CCC(C)=O. The van der Waals surface area contributed by atoms with E-state index in [1.807, 2.05) is 0 Å². The van der Waals surface area contributed by atoms with E-state index in [4.69, 9.17) is 4.74 Å². The van der Waals surface area contributed by atoms with E-state index in [0.29, 0.717) is 24.9 Å². The molecule has 0 spiro atoms. The lowest BCUT2D eigenvalue weighted by Gasteiger charge is -2.58. The van der Waals surface area contributed by atoms with Crippen LogP contribution in [0.4, 0.5) is 0 Å². The molecule has 2 aliphatic carbocycles. The summed E-state index contributed by atoms with van der Waals surface area (Å²) in [7, 11) is 0. The minimum absolute atomic E-state index is 0.0494. The Morgan fingerprint density at radius 2 is 1.96 bits per heavy atom. The number of carbonyl (C=O) groups excluding carboxylic acids is 2. The lowest BCUT2D eigenvalue weighted by atomic mass is 9.47. The number of esters is 1. The number of ether oxygens (including phenoxy) is 1. The Morgan fingerprint density at radius 3 is 2.57 bits per heavy atom. The Balaban J connectivity index is 2.23. The third-order valence-corrected chi connectivity index (χ3v) is 6.53. The molecule has 3 nitrogen and oxygen atoms in total. The predicted octanol–water partition coefficient (Wildman–Crippen LogP) is 4.70. The molecule has 23 heavy (non-hydrogen) atoms. The zero-order valence-electron chi connectivity index (χ0n) is 15.2. The minimum atomic E-state index is -0.188. The van der Waals surface area contributed by atoms with Crippen molar-refractivity contribution >= 4 is 11.8 Å². The zero-order valence-corrected chi connectivity index (χ0v) is 15.2. The highest BCUT2D eigenvalue weighted by molar-refractivity contribution is 5.75. The first kappa shape index (κ1) is 18.2. The van der Waals surface area contributed by atoms with Crippen LogP contribution in [0.3, 0.4) is 0 Å². The topological polar surface area (TPSA) is 43.4 Å². The molecule has 2 fully saturated rings. The second-order valence-corrected chi connectivity index (χ2v) is 8.34. The van der Waals surface area contributed by atoms with Gasteiger partial charge < -0.3 is 9.53 Å². The van der Waals surface area contributed by atoms with Crippen LogP contribution in [0, 0.1) is 22.7 Å². The van der Waals surface area contributed by atoms with Crippen LogP contribution in [-0.4, -0.2) is 18.4 Å². The standard InChI is InChI=1S/C20H32O3/c1-14-7-10-18-19(4,13-23-16(3)22)11-6-12-20(18,5)17(14)9-8-15(2)21/h17-18H,1,6-13H2,2-5H3/t17-,18-,19+,20+/m0/s1. The van der Waals surface area contributed by atoms with Crippen molar-refractivity contribution in [1.29, 1.82) is 0 Å². The van der Waals surface area contributed by atoms with Crippen molar-refractivity contribution in [3.63, 3.8) is 0 Å². The average Bonchev–Trinajstić information content (AvgIpc) is 2.44. The van der Waals surface area contributed by atoms with Gasteiger partial charge in [0.1, 0.15) is 5.78 Å². The van der Waals surface area contributed by atoms with Crippen molar-refractivity contribution in [3.05, 3.63) is 12.2 Å². The van der Waals surface area contributed by atoms with E-state index in [2.05, 4.69) is 20.4 Å². The number of hydrogen-bond donors (Lipinski definition) is 0. The predicted molar refractivity (Wildman–Crippen MR) is 92.0 cm³/mol. The quantitative estimate of drug-likeness (QED) is 0.545. The molecule has 0 bridgehead atoms. The van der Waals surface area contributed by atoms with Crippen molar-refractivity contribution in [2.75, 3.05) is 6.61 Å². The van der Waals surface area contributed by atoms with Crippen molar-refractivity contribution in [3.8, 4) is 0 Å². The normalized spacial score (nSPS) is 37.1. The van der Waals surface area contributed by atoms with Gasteiger partial charge in [0.2, 0.25) is 0 Å². The lowest BCUT2D eigenvalue weighted by Crippen LogP contribution is -2.52. The third-order valence-electron chi connectivity index (χ3n) is 6.53. The molecule has 0 amide bonds. The Kier molecular flexibility index (Phi) is 5.37. The van der Waals surface area contributed by atoms with Gasteiger partial charge in [0, 0.05) is 18.8 Å². The van der Waals surface area contributed by atoms with E-state index in [-0.39, 0.29) is 22.6 Å². The van der Waals surface area contributed by atoms with E-state index in [9.17, 15) is 9.59 Å². The van der Waals surface area contributed by atoms with Gasteiger partial charge in [-0.2, -0.15) is 0 Å². The molecule has 0 aromatic carbocycles. The van der Waals surface area contributed by atoms with Gasteiger partial charge in [-0.05, 0) is 56.3 Å². The van der Waals surface area contributed by atoms with Gasteiger partial charge >= 0.3 is 5.97 Å². The number of rotatable bonds is 5. The molecule has 2 saturated carbocycles. The monoisotopic (exact) mass is 320 g/mol. The van der Waals surface area contributed by atoms with Gasteiger partial charge in [-0.25, -0.2) is 0 Å². The first-order chi connectivity index (χ1) is 10.7. The van der Waals surface area contributed by atoms with Gasteiger partial charge in [-0.1, -0.05) is 32.4 Å². The fourth-order valence-corrected chi connectivity index (χ4v) is 5.40. The van der Waals surface area contributed by atoms with Crippen LogP contribution in [0.5, 0.6) is 0 Å². The smallest absolute Gasteiger partial charge is 0.302 e. The summed E-state index contributed by atoms with van der Waals surface area (Å²) in [4.78, 5) is 22.8. The largest absolute Gasteiger partial charge is 0.465 e. The van der Waals surface area contributed by atoms with Crippen molar-refractivity contribution < 1.29 is 14.3 Å². The van der Waals surface area contributed by atoms with Crippen LogP contribution in [-0.2, 0) is 14.3 Å². The molecular formula is C20H32O3. The summed E-state index contributed by atoms with van der Waals surface area (Å²) in [5.74, 6) is 1.03. The molecule has 0 heterocycles. The van der Waals surface area contributed by atoms with E-state index in [1.54, 1.807) is 6.92 Å². The van der Waals surface area contributed by atoms with Crippen molar-refractivity contribution in [1.82, 2.24) is 0 Å². The molecule has 0 radical (unpaired) electrons. The summed E-state index contributed by atoms with van der Waals surface area (Å²) in [6.07, 6.45) is 7.20. The maximum absolute atomic E-state index is 11.5. The molecule has 0 unspecified atom stereocenters. The summed E-state index contributed by atoms with van der Waals surface area (Å²) in [5, 5.41) is 0. The fourth-order valence-electron chi connectivity index (χ4n) is 5.40. The fraction of sp³-hybridized carbons (Fsp3) is 0.800. The van der Waals surface area contributed by atoms with Crippen LogP contribution in [0.2, 0.25) is 0 Å². The Labute approximate surface area is 140 Å². The first-order valence-corrected chi connectivity index (χ1v) is 8.99. The molecule has 0 aromatic heterocycles. The molecule has 4 atom stereocenters. The van der Waals surface area contributed by atoms with E-state index in [1.165, 1.54) is 18.9 Å². The third kappa shape index (κ3) is 3.70. The molecule has 0 N–H and O–H groups in total. The number of carbonyl (C=O) groups is 2. The summed E-state index contributed by atoms with van der Waals surface area (Å²) >= 11 is 0. The highest BCUT2D eigenvalue weighted by Gasteiger charge is 2.54. The van der Waals surface area contributed by atoms with Crippen molar-refractivity contribution in [2.45, 2.75) is 72.6 Å². The summed E-state index contributed by atoms with van der Waals surface area (Å²) < 4.78 is 5.42. The Hall–Kier alpha value is -1.12. The maximum atomic E-state index is 11.5. The molecule has 0 aliphatic heterocycles. The molecule has 3 heteroatoms. The highest BCUT2D eigenvalue weighted by Crippen LogP contribution is 2.61. The highest BCUT2D eigenvalue weighted by atomic mass is 16.5. The van der Waals surface area contributed by atoms with Crippen molar-refractivity contribution in [2.24, 2.45) is 22.7 Å². The molecule has 0 aromatic rings. The van der Waals surface area contributed by atoms with E-state index >= 15 is 0 Å². The van der Waals surface area contributed by atoms with E-state index < -0.39 is 0 Å². The van der Waals surface area contributed by atoms with Crippen LogP contribution in [0.25, 0.3) is 0 Å². The van der Waals surface area contributed by atoms with Crippen LogP contribution < -0.4 is 0 Å². The van der Waals surface area contributed by atoms with E-state index in [0.717, 1.165) is 32.1 Å². The van der Waals surface area contributed by atoms with Crippen LogP contribution in [0.1, 0.15) is 72.6 Å². The number of fused-ring (bicyclic) bond motifs is 1. The van der Waals surface area contributed by atoms with Gasteiger partial charge in [0.15, 0.2) is 0 Å². The van der Waals surface area contributed by atoms with Crippen LogP contribution >= 0.6 is 0 Å². The number of allylic oxidation sites excluding steroid dienone is 1. The molecular weight excluding hydrogens is 288 g/mol. The number of ketones is 1. The number of Topliss-reactive ketones (excluding diaryl/α,β-unsaturated/α-hetero) is 1. The second kappa shape index (κ2) is 6.78. The Morgan fingerprint density at radius 1 is 1.26 bits per heavy atom. The maximum Gasteiger partial charge on any atom is 0.302 e. The lowest BCUT2D eigenvalue weighted by molar-refractivity contribution is -0.152. The number of hydrogen-bond acceptors (Lipinski definition) is 3. The van der Waals surface area contributed by atoms with Gasteiger partial charge in [0.05, 0.1) is 6.61 Å². The minimum Gasteiger partial charge on any atom is -0.465 e.